The minimum absolute atomic E-state index is 0. The van der Waals surface area contributed by atoms with Crippen molar-refractivity contribution in [3.8, 4) is 0 Å². The zero-order valence-electron chi connectivity index (χ0n) is 13.7. The van der Waals surface area contributed by atoms with E-state index in [9.17, 15) is 31.5 Å². The molecule has 0 aliphatic carbocycles. The van der Waals surface area contributed by atoms with Crippen LogP contribution in [0.25, 0.3) is 0 Å². The standard InChI is InChI=1S/2C6H10O5S.Na/c1-5(6(7)8)3-2-4-12(9,10)11;1-2-6(7)11-4-3-5-12(8,9)10;/h1-4H2,(H,7,8)(H,9,10,11);2H,1,3-5H2,(H,8,9,10);/q;;+1/p-1. The van der Waals surface area contributed by atoms with Gasteiger partial charge in [-0.05, 0) is 24.8 Å². The van der Waals surface area contributed by atoms with Gasteiger partial charge in [0.15, 0.2) is 0 Å². The zero-order valence-corrected chi connectivity index (χ0v) is 17.3. The molecule has 0 aromatic carbocycles. The third kappa shape index (κ3) is 25.6. The van der Waals surface area contributed by atoms with E-state index in [2.05, 4.69) is 17.9 Å². The first-order valence-corrected chi connectivity index (χ1v) is 9.59. The molecule has 0 rings (SSSR count). The van der Waals surface area contributed by atoms with Gasteiger partial charge in [-0.3, -0.25) is 9.11 Å². The Morgan fingerprint density at radius 3 is 1.84 bits per heavy atom. The summed E-state index contributed by atoms with van der Waals surface area (Å²) in [5.74, 6) is -2.87. The van der Waals surface area contributed by atoms with Gasteiger partial charge in [0.05, 0.1) is 24.1 Å². The van der Waals surface area contributed by atoms with Crippen LogP contribution in [0, 0.1) is 0 Å². The van der Waals surface area contributed by atoms with Gasteiger partial charge in [-0.25, -0.2) is 4.79 Å². The predicted molar refractivity (Wildman–Crippen MR) is 82.0 cm³/mol. The van der Waals surface area contributed by atoms with Crippen molar-refractivity contribution in [1.29, 1.82) is 0 Å². The van der Waals surface area contributed by atoms with Gasteiger partial charge < -0.3 is 14.6 Å². The van der Waals surface area contributed by atoms with Crippen molar-refractivity contribution in [2.45, 2.75) is 19.3 Å². The minimum atomic E-state index is -4.00. The summed E-state index contributed by atoms with van der Waals surface area (Å²) in [5, 5.41) is 10.0. The monoisotopic (exact) mass is 410 g/mol. The second-order valence-electron chi connectivity index (χ2n) is 4.29. The van der Waals surface area contributed by atoms with E-state index in [1.54, 1.807) is 0 Å². The number of esters is 1. The SMILES string of the molecule is C=C(CCCS(=O)(=O)O)C(=O)[O-].C=CC(=O)OCCCS(=O)(=O)O.[Na+]. The molecule has 25 heavy (non-hydrogen) atoms. The Morgan fingerprint density at radius 2 is 1.48 bits per heavy atom. The molecule has 2 N–H and O–H groups in total. The number of rotatable bonds is 10. The normalized spacial score (nSPS) is 10.5. The Kier molecular flexibility index (Phi) is 16.7. The van der Waals surface area contributed by atoms with Crippen molar-refractivity contribution in [2.24, 2.45) is 0 Å². The van der Waals surface area contributed by atoms with Crippen LogP contribution >= 0.6 is 0 Å². The van der Waals surface area contributed by atoms with Gasteiger partial charge in [0, 0.05) is 6.08 Å². The van der Waals surface area contributed by atoms with Crippen molar-refractivity contribution in [3.05, 3.63) is 24.8 Å². The molecular formula is C12H19NaO10S2. The minimum Gasteiger partial charge on any atom is -0.545 e. The maximum Gasteiger partial charge on any atom is 1.00 e. The molecule has 0 saturated carbocycles. The first kappa shape index (κ1) is 29.0. The summed E-state index contributed by atoms with van der Waals surface area (Å²) < 4.78 is 61.5. The Hall–Kier alpha value is -0.760. The average molecular weight is 410 g/mol. The molecular weight excluding hydrogens is 391 g/mol. The van der Waals surface area contributed by atoms with E-state index < -0.39 is 43.7 Å². The van der Waals surface area contributed by atoms with Crippen LogP contribution in [-0.2, 0) is 34.6 Å². The summed E-state index contributed by atoms with van der Waals surface area (Å²) in [6.45, 7) is 6.24. The summed E-state index contributed by atoms with van der Waals surface area (Å²) in [4.78, 5) is 20.4. The van der Waals surface area contributed by atoms with Crippen LogP contribution in [-0.4, -0.2) is 56.0 Å². The topological polar surface area (TPSA) is 175 Å². The fourth-order valence-corrected chi connectivity index (χ4v) is 2.03. The number of carbonyl (C=O) groups excluding carboxylic acids is 2. The third-order valence-corrected chi connectivity index (χ3v) is 3.74. The number of hydrogen-bond donors (Lipinski definition) is 2. The van der Waals surface area contributed by atoms with Crippen molar-refractivity contribution in [2.75, 3.05) is 18.1 Å². The average Bonchev–Trinajstić information content (AvgIpc) is 2.41. The maximum absolute atomic E-state index is 10.4. The molecule has 0 heterocycles. The first-order valence-electron chi connectivity index (χ1n) is 6.37. The van der Waals surface area contributed by atoms with Gasteiger partial charge >= 0.3 is 35.5 Å². The fraction of sp³-hybridized carbons (Fsp3) is 0.500. The summed E-state index contributed by atoms with van der Waals surface area (Å²) in [6.07, 6.45) is 1.10. The molecule has 0 bridgehead atoms. The molecule has 0 aromatic rings. The summed E-state index contributed by atoms with van der Waals surface area (Å²) in [6, 6.07) is 0. The molecule has 0 aliphatic heterocycles. The molecule has 0 aromatic heterocycles. The van der Waals surface area contributed by atoms with Crippen LogP contribution in [0.1, 0.15) is 19.3 Å². The van der Waals surface area contributed by atoms with Crippen LogP contribution in [0.3, 0.4) is 0 Å². The molecule has 0 aliphatic rings. The van der Waals surface area contributed by atoms with E-state index in [4.69, 9.17) is 9.11 Å². The molecule has 13 heteroatoms. The molecule has 0 fully saturated rings. The second kappa shape index (κ2) is 14.4. The van der Waals surface area contributed by atoms with Gasteiger partial charge in [-0.2, -0.15) is 16.8 Å². The number of hydrogen-bond acceptors (Lipinski definition) is 8. The summed E-state index contributed by atoms with van der Waals surface area (Å²) in [7, 11) is -7.95. The van der Waals surface area contributed by atoms with Crippen LogP contribution < -0.4 is 34.7 Å². The quantitative estimate of drug-likeness (QED) is 0.119. The van der Waals surface area contributed by atoms with Crippen molar-refractivity contribution in [1.82, 2.24) is 0 Å². The number of carbonyl (C=O) groups is 2. The van der Waals surface area contributed by atoms with E-state index in [0.717, 1.165) is 6.08 Å². The first-order chi connectivity index (χ1) is 10.8. The van der Waals surface area contributed by atoms with Crippen LogP contribution in [0.4, 0.5) is 0 Å². The smallest absolute Gasteiger partial charge is 0.545 e. The number of aliphatic carboxylic acids is 1. The van der Waals surface area contributed by atoms with Crippen LogP contribution in [0.2, 0.25) is 0 Å². The van der Waals surface area contributed by atoms with Crippen LogP contribution in [0.15, 0.2) is 24.8 Å². The molecule has 140 valence electrons. The molecule has 0 unspecified atom stereocenters. The van der Waals surface area contributed by atoms with Crippen molar-refractivity contribution >= 4 is 32.2 Å². The van der Waals surface area contributed by atoms with E-state index in [0.29, 0.717) is 0 Å². The fourth-order valence-electron chi connectivity index (χ4n) is 1.04. The Labute approximate surface area is 168 Å². The van der Waals surface area contributed by atoms with E-state index >= 15 is 0 Å². The van der Waals surface area contributed by atoms with Gasteiger partial charge in [-0.1, -0.05) is 13.2 Å². The van der Waals surface area contributed by atoms with Crippen molar-refractivity contribution in [3.63, 3.8) is 0 Å². The van der Waals surface area contributed by atoms with Gasteiger partial charge in [0.2, 0.25) is 0 Å². The largest absolute Gasteiger partial charge is 1.00 e. The van der Waals surface area contributed by atoms with E-state index in [1.165, 1.54) is 0 Å². The molecule has 0 radical (unpaired) electrons. The number of carboxylic acid groups (broad SMARTS) is 1. The molecule has 0 atom stereocenters. The third-order valence-electron chi connectivity index (χ3n) is 2.13. The summed E-state index contributed by atoms with van der Waals surface area (Å²) in [5.41, 5.74) is -0.168. The molecule has 10 nitrogen and oxygen atoms in total. The molecule has 0 amide bonds. The van der Waals surface area contributed by atoms with Gasteiger partial charge in [0.1, 0.15) is 0 Å². The second-order valence-corrected chi connectivity index (χ2v) is 7.44. The van der Waals surface area contributed by atoms with E-state index in [-0.39, 0.29) is 61.0 Å². The van der Waals surface area contributed by atoms with Crippen molar-refractivity contribution < 1.29 is 74.9 Å². The van der Waals surface area contributed by atoms with Gasteiger partial charge in [-0.15, -0.1) is 0 Å². The summed E-state index contributed by atoms with van der Waals surface area (Å²) >= 11 is 0. The number of carboxylic acids is 1. The van der Waals surface area contributed by atoms with E-state index in [1.807, 2.05) is 0 Å². The molecule has 0 spiro atoms. The zero-order chi connectivity index (χ0) is 19.4. The number of ether oxygens (including phenoxy) is 1. The van der Waals surface area contributed by atoms with Gasteiger partial charge in [0.25, 0.3) is 20.2 Å². The Balaban J connectivity index is -0.000000372. The molecule has 0 saturated heterocycles. The Morgan fingerprint density at radius 1 is 1.04 bits per heavy atom. The van der Waals surface area contributed by atoms with Crippen LogP contribution in [0.5, 0.6) is 0 Å². The maximum atomic E-state index is 10.4. The predicted octanol–water partition coefficient (Wildman–Crippen LogP) is -4.04. The Bertz CT molecular complexity index is 649.